The molecule has 0 saturated carbocycles. The summed E-state index contributed by atoms with van der Waals surface area (Å²) < 4.78 is 5.45. The largest absolute Gasteiger partial charge is 0.496 e. The van der Waals surface area contributed by atoms with Crippen LogP contribution < -0.4 is 10.5 Å². The van der Waals surface area contributed by atoms with Gasteiger partial charge in [-0.2, -0.15) is 0 Å². The lowest BCUT2D eigenvalue weighted by molar-refractivity contribution is 0.260. The quantitative estimate of drug-likeness (QED) is 0.783. The van der Waals surface area contributed by atoms with Gasteiger partial charge in [0.25, 0.3) is 0 Å². The number of pyridine rings is 1. The zero-order valence-corrected chi connectivity index (χ0v) is 13.9. The normalized spacial score (nSPS) is 12.5. The smallest absolute Gasteiger partial charge is 0.128 e. The SMILES string of the molecule is CCN(Cc1ncc(C)c(OC)c1C)CC(C)C(N)=S. The van der Waals surface area contributed by atoms with Crippen LogP contribution in [0.3, 0.4) is 0 Å². The second kappa shape index (κ2) is 7.55. The van der Waals surface area contributed by atoms with Crippen LogP contribution in [0.5, 0.6) is 5.75 Å². The number of ether oxygens (including phenoxy) is 1. The molecule has 0 aliphatic heterocycles. The predicted molar refractivity (Wildman–Crippen MR) is 87.2 cm³/mol. The second-order valence-electron chi connectivity index (χ2n) is 5.18. The van der Waals surface area contributed by atoms with Crippen molar-refractivity contribution in [3.05, 3.63) is 23.0 Å². The first-order valence-electron chi connectivity index (χ1n) is 6.91. The van der Waals surface area contributed by atoms with E-state index >= 15 is 0 Å². The van der Waals surface area contributed by atoms with Gasteiger partial charge in [0.1, 0.15) is 5.75 Å². The van der Waals surface area contributed by atoms with Crippen LogP contribution in [-0.4, -0.2) is 35.1 Å². The number of aryl methyl sites for hydroxylation is 1. The average molecular weight is 295 g/mol. The Morgan fingerprint density at radius 3 is 2.65 bits per heavy atom. The molecule has 0 spiro atoms. The first-order chi connectivity index (χ1) is 9.40. The van der Waals surface area contributed by atoms with Gasteiger partial charge in [-0.15, -0.1) is 0 Å². The molecular weight excluding hydrogens is 270 g/mol. The molecule has 0 bridgehead atoms. The van der Waals surface area contributed by atoms with E-state index in [2.05, 4.69) is 30.7 Å². The van der Waals surface area contributed by atoms with Gasteiger partial charge in [-0.25, -0.2) is 0 Å². The van der Waals surface area contributed by atoms with Gasteiger partial charge in [0.2, 0.25) is 0 Å². The topological polar surface area (TPSA) is 51.4 Å². The highest BCUT2D eigenvalue weighted by molar-refractivity contribution is 7.80. The molecule has 1 aromatic rings. The lowest BCUT2D eigenvalue weighted by Crippen LogP contribution is -2.34. The van der Waals surface area contributed by atoms with Crippen LogP contribution in [0.4, 0.5) is 0 Å². The molecule has 0 aliphatic carbocycles. The van der Waals surface area contributed by atoms with Crippen molar-refractivity contribution in [3.63, 3.8) is 0 Å². The maximum absolute atomic E-state index is 5.70. The molecule has 0 amide bonds. The molecule has 1 aromatic heterocycles. The molecule has 5 heteroatoms. The maximum atomic E-state index is 5.70. The van der Waals surface area contributed by atoms with E-state index in [0.29, 0.717) is 4.99 Å². The number of nitrogens with two attached hydrogens (primary N) is 1. The second-order valence-corrected chi connectivity index (χ2v) is 5.65. The standard InChI is InChI=1S/C15H25N3OS/c1-6-18(8-11(3)15(16)20)9-13-12(4)14(19-5)10(2)7-17-13/h7,11H,6,8-9H2,1-5H3,(H2,16,20). The van der Waals surface area contributed by atoms with E-state index in [0.717, 1.165) is 42.2 Å². The number of hydrogen-bond donors (Lipinski definition) is 1. The summed E-state index contributed by atoms with van der Waals surface area (Å²) in [7, 11) is 1.70. The molecule has 1 rings (SSSR count). The number of thiocarbonyl (C=S) groups is 1. The van der Waals surface area contributed by atoms with Crippen molar-refractivity contribution in [1.29, 1.82) is 0 Å². The Balaban J connectivity index is 2.88. The van der Waals surface area contributed by atoms with E-state index in [-0.39, 0.29) is 5.92 Å². The van der Waals surface area contributed by atoms with E-state index in [1.807, 2.05) is 13.1 Å². The third kappa shape index (κ3) is 4.15. The van der Waals surface area contributed by atoms with Gasteiger partial charge < -0.3 is 10.5 Å². The predicted octanol–water partition coefficient (Wildman–Crippen LogP) is 2.45. The molecule has 2 N–H and O–H groups in total. The van der Waals surface area contributed by atoms with Gasteiger partial charge in [0, 0.05) is 36.3 Å². The molecule has 0 aromatic carbocycles. The van der Waals surface area contributed by atoms with Crippen molar-refractivity contribution in [2.24, 2.45) is 11.7 Å². The molecule has 1 unspecified atom stereocenters. The fourth-order valence-electron chi connectivity index (χ4n) is 2.23. The Kier molecular flexibility index (Phi) is 6.36. The summed E-state index contributed by atoms with van der Waals surface area (Å²) in [5, 5.41) is 0. The van der Waals surface area contributed by atoms with Crippen LogP contribution in [0, 0.1) is 19.8 Å². The first kappa shape index (κ1) is 16.9. The lowest BCUT2D eigenvalue weighted by Gasteiger charge is -2.24. The summed E-state index contributed by atoms with van der Waals surface area (Å²) in [5.74, 6) is 1.13. The zero-order chi connectivity index (χ0) is 15.3. The van der Waals surface area contributed by atoms with Crippen LogP contribution in [-0.2, 0) is 6.54 Å². The fourth-order valence-corrected chi connectivity index (χ4v) is 2.30. The van der Waals surface area contributed by atoms with Crippen molar-refractivity contribution >= 4 is 17.2 Å². The summed E-state index contributed by atoms with van der Waals surface area (Å²) in [4.78, 5) is 7.40. The van der Waals surface area contributed by atoms with E-state index in [1.54, 1.807) is 7.11 Å². The minimum Gasteiger partial charge on any atom is -0.496 e. The third-order valence-electron chi connectivity index (χ3n) is 3.59. The van der Waals surface area contributed by atoms with E-state index in [1.165, 1.54) is 0 Å². The summed E-state index contributed by atoms with van der Waals surface area (Å²) in [6.45, 7) is 10.8. The Morgan fingerprint density at radius 1 is 1.50 bits per heavy atom. The highest BCUT2D eigenvalue weighted by atomic mass is 32.1. The van der Waals surface area contributed by atoms with Crippen molar-refractivity contribution < 1.29 is 4.74 Å². The van der Waals surface area contributed by atoms with E-state index < -0.39 is 0 Å². The van der Waals surface area contributed by atoms with E-state index in [9.17, 15) is 0 Å². The summed E-state index contributed by atoms with van der Waals surface area (Å²) in [6.07, 6.45) is 1.87. The average Bonchev–Trinajstić information content (AvgIpc) is 2.41. The maximum Gasteiger partial charge on any atom is 0.128 e. The van der Waals surface area contributed by atoms with Crippen LogP contribution in [0.15, 0.2) is 6.20 Å². The first-order valence-corrected chi connectivity index (χ1v) is 7.32. The Morgan fingerprint density at radius 2 is 2.15 bits per heavy atom. The number of hydrogen-bond acceptors (Lipinski definition) is 4. The number of methoxy groups -OCH3 is 1. The van der Waals surface area contributed by atoms with Crippen molar-refractivity contribution in [2.45, 2.75) is 34.2 Å². The molecular formula is C15H25N3OS. The lowest BCUT2D eigenvalue weighted by atomic mass is 10.1. The zero-order valence-electron chi connectivity index (χ0n) is 13.1. The summed E-state index contributed by atoms with van der Waals surface area (Å²) >= 11 is 5.05. The Hall–Kier alpha value is -1.20. The van der Waals surface area contributed by atoms with Crippen molar-refractivity contribution in [1.82, 2.24) is 9.88 Å². The summed E-state index contributed by atoms with van der Waals surface area (Å²) in [5.41, 5.74) is 8.91. The summed E-state index contributed by atoms with van der Waals surface area (Å²) in [6, 6.07) is 0. The van der Waals surface area contributed by atoms with Crippen LogP contribution in [0.1, 0.15) is 30.7 Å². The molecule has 0 aliphatic rings. The molecule has 4 nitrogen and oxygen atoms in total. The number of nitrogens with zero attached hydrogens (tertiary/aromatic N) is 2. The number of aromatic nitrogens is 1. The van der Waals surface area contributed by atoms with Crippen LogP contribution in [0.2, 0.25) is 0 Å². The molecule has 0 fully saturated rings. The molecule has 1 heterocycles. The van der Waals surface area contributed by atoms with Gasteiger partial charge in [0.05, 0.1) is 17.8 Å². The highest BCUT2D eigenvalue weighted by Crippen LogP contribution is 2.24. The Labute approximate surface area is 127 Å². The molecule has 0 saturated heterocycles. The van der Waals surface area contributed by atoms with E-state index in [4.69, 9.17) is 22.7 Å². The minimum atomic E-state index is 0.206. The highest BCUT2D eigenvalue weighted by Gasteiger charge is 2.15. The molecule has 112 valence electrons. The van der Waals surface area contributed by atoms with Gasteiger partial charge >= 0.3 is 0 Å². The van der Waals surface area contributed by atoms with Gasteiger partial charge in [0.15, 0.2) is 0 Å². The molecule has 0 radical (unpaired) electrons. The van der Waals surface area contributed by atoms with Crippen molar-refractivity contribution in [2.75, 3.05) is 20.2 Å². The molecule has 20 heavy (non-hydrogen) atoms. The fraction of sp³-hybridized carbons (Fsp3) is 0.600. The van der Waals surface area contributed by atoms with Gasteiger partial charge in [-0.1, -0.05) is 26.1 Å². The van der Waals surface area contributed by atoms with Gasteiger partial charge in [-0.3, -0.25) is 9.88 Å². The molecule has 1 atom stereocenters. The monoisotopic (exact) mass is 295 g/mol. The van der Waals surface area contributed by atoms with Crippen molar-refractivity contribution in [3.8, 4) is 5.75 Å². The third-order valence-corrected chi connectivity index (χ3v) is 3.99. The van der Waals surface area contributed by atoms with Crippen LogP contribution >= 0.6 is 12.2 Å². The van der Waals surface area contributed by atoms with Crippen LogP contribution in [0.25, 0.3) is 0 Å². The Bertz CT molecular complexity index is 476. The number of rotatable bonds is 7. The van der Waals surface area contributed by atoms with Gasteiger partial charge in [-0.05, 0) is 20.4 Å². The minimum absolute atomic E-state index is 0.206.